The number of methoxy groups -OCH3 is 1. The van der Waals surface area contributed by atoms with Crippen LogP contribution < -0.4 is 10.5 Å². The molecule has 0 saturated heterocycles. The van der Waals surface area contributed by atoms with E-state index in [4.69, 9.17) is 10.5 Å². The van der Waals surface area contributed by atoms with Crippen LogP contribution in [0.4, 0.5) is 0 Å². The molecule has 0 aliphatic rings. The van der Waals surface area contributed by atoms with Crippen molar-refractivity contribution in [2.24, 2.45) is 12.8 Å². The fourth-order valence-corrected chi connectivity index (χ4v) is 1.82. The van der Waals surface area contributed by atoms with Crippen molar-refractivity contribution in [1.82, 2.24) is 9.78 Å². The number of nitrogens with zero attached hydrogens (tertiary/aromatic N) is 2. The Bertz CT molecular complexity index is 493. The van der Waals surface area contributed by atoms with E-state index in [-0.39, 0.29) is 6.04 Å². The van der Waals surface area contributed by atoms with E-state index in [0.717, 1.165) is 23.3 Å². The average molecular weight is 231 g/mol. The predicted molar refractivity (Wildman–Crippen MR) is 66.8 cm³/mol. The molecule has 0 saturated carbocycles. The van der Waals surface area contributed by atoms with E-state index >= 15 is 0 Å². The second-order valence-corrected chi connectivity index (χ2v) is 4.11. The van der Waals surface area contributed by atoms with Crippen molar-refractivity contribution in [1.29, 1.82) is 0 Å². The van der Waals surface area contributed by atoms with Gasteiger partial charge in [-0.1, -0.05) is 12.1 Å². The predicted octanol–water partition coefficient (Wildman–Crippen LogP) is 1.67. The Morgan fingerprint density at radius 3 is 2.94 bits per heavy atom. The summed E-state index contributed by atoms with van der Waals surface area (Å²) >= 11 is 0. The molecule has 0 amide bonds. The Morgan fingerprint density at radius 1 is 1.47 bits per heavy atom. The summed E-state index contributed by atoms with van der Waals surface area (Å²) in [4.78, 5) is 0. The molecule has 2 aromatic rings. The first-order valence-corrected chi connectivity index (χ1v) is 5.56. The fourth-order valence-electron chi connectivity index (χ4n) is 1.82. The quantitative estimate of drug-likeness (QED) is 0.870. The summed E-state index contributed by atoms with van der Waals surface area (Å²) in [6, 6.07) is 7.83. The van der Waals surface area contributed by atoms with Gasteiger partial charge in [0.25, 0.3) is 0 Å². The van der Waals surface area contributed by atoms with E-state index < -0.39 is 0 Å². The van der Waals surface area contributed by atoms with Crippen molar-refractivity contribution >= 4 is 0 Å². The lowest BCUT2D eigenvalue weighted by atomic mass is 10.0. The molecule has 90 valence electrons. The molecule has 0 aliphatic heterocycles. The summed E-state index contributed by atoms with van der Waals surface area (Å²) in [5.74, 6) is 0.837. The molecule has 1 aromatic heterocycles. The molecule has 1 heterocycles. The summed E-state index contributed by atoms with van der Waals surface area (Å²) in [5, 5.41) is 4.13. The summed E-state index contributed by atoms with van der Waals surface area (Å²) in [5.41, 5.74) is 8.39. The van der Waals surface area contributed by atoms with E-state index in [9.17, 15) is 0 Å². The van der Waals surface area contributed by atoms with Gasteiger partial charge in [-0.2, -0.15) is 5.10 Å². The molecule has 17 heavy (non-hydrogen) atoms. The zero-order valence-electron chi connectivity index (χ0n) is 10.1. The molecule has 0 bridgehead atoms. The van der Waals surface area contributed by atoms with Gasteiger partial charge in [-0.3, -0.25) is 4.68 Å². The van der Waals surface area contributed by atoms with Crippen LogP contribution in [0.3, 0.4) is 0 Å². The number of aromatic nitrogens is 2. The van der Waals surface area contributed by atoms with Crippen LogP contribution in [-0.2, 0) is 13.5 Å². The monoisotopic (exact) mass is 231 g/mol. The number of ether oxygens (including phenoxy) is 1. The highest BCUT2D eigenvalue weighted by atomic mass is 16.5. The molecule has 2 rings (SSSR count). The van der Waals surface area contributed by atoms with Gasteiger partial charge in [0, 0.05) is 19.3 Å². The SMILES string of the molecule is COc1cccc(C(N)Cc2cnn(C)c2)c1. The van der Waals surface area contributed by atoms with Gasteiger partial charge >= 0.3 is 0 Å². The first-order chi connectivity index (χ1) is 8.19. The third-order valence-electron chi connectivity index (χ3n) is 2.74. The van der Waals surface area contributed by atoms with Crippen molar-refractivity contribution in [3.05, 3.63) is 47.8 Å². The van der Waals surface area contributed by atoms with Crippen molar-refractivity contribution < 1.29 is 4.74 Å². The van der Waals surface area contributed by atoms with Crippen molar-refractivity contribution in [2.75, 3.05) is 7.11 Å². The van der Waals surface area contributed by atoms with Crippen LogP contribution in [0.2, 0.25) is 0 Å². The lowest BCUT2D eigenvalue weighted by Crippen LogP contribution is -2.13. The average Bonchev–Trinajstić information content (AvgIpc) is 2.75. The molecule has 1 aromatic carbocycles. The standard InChI is InChI=1S/C13H17N3O/c1-16-9-10(8-15-16)6-13(14)11-4-3-5-12(7-11)17-2/h3-5,7-9,13H,6,14H2,1-2H3. The molecule has 1 unspecified atom stereocenters. The van der Waals surface area contributed by atoms with Crippen LogP contribution in [0.15, 0.2) is 36.7 Å². The Balaban J connectivity index is 2.11. The van der Waals surface area contributed by atoms with E-state index in [1.807, 2.05) is 43.7 Å². The van der Waals surface area contributed by atoms with Gasteiger partial charge in [0.15, 0.2) is 0 Å². The highest BCUT2D eigenvalue weighted by Crippen LogP contribution is 2.20. The molecule has 1 atom stereocenters. The van der Waals surface area contributed by atoms with Gasteiger partial charge in [0.05, 0.1) is 13.3 Å². The molecule has 0 spiro atoms. The van der Waals surface area contributed by atoms with E-state index in [1.165, 1.54) is 0 Å². The number of benzene rings is 1. The molecule has 0 aliphatic carbocycles. The number of aryl methyl sites for hydroxylation is 1. The van der Waals surface area contributed by atoms with Crippen molar-refractivity contribution in [2.45, 2.75) is 12.5 Å². The summed E-state index contributed by atoms with van der Waals surface area (Å²) in [7, 11) is 3.56. The van der Waals surface area contributed by atoms with Crippen molar-refractivity contribution in [3.8, 4) is 5.75 Å². The minimum absolute atomic E-state index is 0.0331. The Hall–Kier alpha value is -1.81. The Labute approximate surface area is 101 Å². The van der Waals surface area contributed by atoms with Gasteiger partial charge in [0.1, 0.15) is 5.75 Å². The van der Waals surface area contributed by atoms with Gasteiger partial charge in [-0.05, 0) is 29.7 Å². The first kappa shape index (κ1) is 11.7. The third kappa shape index (κ3) is 2.85. The lowest BCUT2D eigenvalue weighted by Gasteiger charge is -2.11. The van der Waals surface area contributed by atoms with Gasteiger partial charge in [0.2, 0.25) is 0 Å². The Morgan fingerprint density at radius 2 is 2.29 bits per heavy atom. The molecular formula is C13H17N3O. The maximum absolute atomic E-state index is 6.17. The first-order valence-electron chi connectivity index (χ1n) is 5.56. The van der Waals surface area contributed by atoms with Gasteiger partial charge < -0.3 is 10.5 Å². The maximum atomic E-state index is 6.17. The van der Waals surface area contributed by atoms with E-state index in [2.05, 4.69) is 5.10 Å². The minimum Gasteiger partial charge on any atom is -0.497 e. The van der Waals surface area contributed by atoms with Gasteiger partial charge in [-0.15, -0.1) is 0 Å². The van der Waals surface area contributed by atoms with Gasteiger partial charge in [-0.25, -0.2) is 0 Å². The van der Waals surface area contributed by atoms with Crippen LogP contribution in [0.1, 0.15) is 17.2 Å². The number of hydrogen-bond donors (Lipinski definition) is 1. The van der Waals surface area contributed by atoms with E-state index in [1.54, 1.807) is 11.8 Å². The van der Waals surface area contributed by atoms with Crippen LogP contribution >= 0.6 is 0 Å². The topological polar surface area (TPSA) is 53.1 Å². The van der Waals surface area contributed by atoms with Crippen LogP contribution in [0, 0.1) is 0 Å². The minimum atomic E-state index is -0.0331. The molecule has 0 fully saturated rings. The van der Waals surface area contributed by atoms with Crippen LogP contribution in [-0.4, -0.2) is 16.9 Å². The zero-order valence-corrected chi connectivity index (χ0v) is 10.1. The maximum Gasteiger partial charge on any atom is 0.119 e. The van der Waals surface area contributed by atoms with Crippen LogP contribution in [0.25, 0.3) is 0 Å². The molecule has 2 N–H and O–H groups in total. The second-order valence-electron chi connectivity index (χ2n) is 4.11. The molecular weight excluding hydrogens is 214 g/mol. The van der Waals surface area contributed by atoms with Crippen molar-refractivity contribution in [3.63, 3.8) is 0 Å². The summed E-state index contributed by atoms with van der Waals surface area (Å²) in [6.45, 7) is 0. The molecule has 0 radical (unpaired) electrons. The van der Waals surface area contributed by atoms with Crippen LogP contribution in [0.5, 0.6) is 5.75 Å². The lowest BCUT2D eigenvalue weighted by molar-refractivity contribution is 0.414. The summed E-state index contributed by atoms with van der Waals surface area (Å²) in [6.07, 6.45) is 4.61. The fraction of sp³-hybridized carbons (Fsp3) is 0.308. The smallest absolute Gasteiger partial charge is 0.119 e. The highest BCUT2D eigenvalue weighted by molar-refractivity contribution is 5.31. The largest absolute Gasteiger partial charge is 0.497 e. The summed E-state index contributed by atoms with van der Waals surface area (Å²) < 4.78 is 6.97. The number of nitrogens with two attached hydrogens (primary N) is 1. The second kappa shape index (κ2) is 5.01. The third-order valence-corrected chi connectivity index (χ3v) is 2.74. The van der Waals surface area contributed by atoms with E-state index in [0.29, 0.717) is 0 Å². The Kier molecular flexibility index (Phi) is 3.44. The number of rotatable bonds is 4. The normalized spacial score (nSPS) is 12.4. The highest BCUT2D eigenvalue weighted by Gasteiger charge is 2.09. The molecule has 4 heteroatoms. The molecule has 4 nitrogen and oxygen atoms in total. The zero-order chi connectivity index (χ0) is 12.3. The number of hydrogen-bond acceptors (Lipinski definition) is 3.